The third-order valence-corrected chi connectivity index (χ3v) is 5.07. The molecular formula is C15H25N3OS. The molecule has 2 N–H and O–H groups in total. The summed E-state index contributed by atoms with van der Waals surface area (Å²) in [5.41, 5.74) is 7.16. The quantitative estimate of drug-likeness (QED) is 0.928. The van der Waals surface area contributed by atoms with E-state index in [2.05, 4.69) is 17.3 Å². The van der Waals surface area contributed by atoms with Crippen molar-refractivity contribution in [3.05, 3.63) is 16.1 Å². The van der Waals surface area contributed by atoms with Crippen LogP contribution in [0.2, 0.25) is 0 Å². The molecule has 1 aromatic rings. The average Bonchev–Trinajstić information content (AvgIpc) is 2.94. The zero-order chi connectivity index (χ0) is 14.7. The van der Waals surface area contributed by atoms with Crippen molar-refractivity contribution in [1.29, 1.82) is 0 Å². The molecule has 0 aromatic carbocycles. The van der Waals surface area contributed by atoms with Crippen LogP contribution in [0, 0.1) is 5.92 Å². The van der Waals surface area contributed by atoms with Crippen molar-refractivity contribution in [2.24, 2.45) is 11.7 Å². The molecule has 1 aliphatic rings. The Morgan fingerprint density at radius 3 is 2.95 bits per heavy atom. The minimum absolute atomic E-state index is 0.0944. The molecule has 1 aliphatic heterocycles. The molecule has 0 saturated carbocycles. The predicted molar refractivity (Wildman–Crippen MR) is 82.9 cm³/mol. The van der Waals surface area contributed by atoms with Gasteiger partial charge in [-0.25, -0.2) is 4.98 Å². The third-order valence-electron chi connectivity index (χ3n) is 4.02. The predicted octanol–water partition coefficient (Wildman–Crippen LogP) is 2.39. The number of aryl methyl sites for hydroxylation is 1. The molecular weight excluding hydrogens is 270 g/mol. The lowest BCUT2D eigenvalue weighted by Gasteiger charge is -2.34. The van der Waals surface area contributed by atoms with Crippen LogP contribution in [-0.4, -0.2) is 34.9 Å². The first-order valence-electron chi connectivity index (χ1n) is 7.51. The summed E-state index contributed by atoms with van der Waals surface area (Å²) >= 11 is 1.73. The normalized spacial score (nSPS) is 21.2. The summed E-state index contributed by atoms with van der Waals surface area (Å²) in [5, 5.41) is 3.31. The number of nitrogens with two attached hydrogens (primary N) is 1. The van der Waals surface area contributed by atoms with E-state index in [1.165, 1.54) is 5.01 Å². The Morgan fingerprint density at radius 2 is 2.35 bits per heavy atom. The van der Waals surface area contributed by atoms with Gasteiger partial charge in [-0.3, -0.25) is 4.79 Å². The maximum Gasteiger partial charge on any atom is 0.239 e. The number of aromatic nitrogens is 1. The summed E-state index contributed by atoms with van der Waals surface area (Å²) in [4.78, 5) is 19.0. The van der Waals surface area contributed by atoms with E-state index in [9.17, 15) is 4.79 Å². The second-order valence-electron chi connectivity index (χ2n) is 5.92. The number of thiazole rings is 1. The topological polar surface area (TPSA) is 59.2 Å². The van der Waals surface area contributed by atoms with Gasteiger partial charge < -0.3 is 10.6 Å². The average molecular weight is 295 g/mol. The summed E-state index contributed by atoms with van der Waals surface area (Å²) in [6, 6.07) is -0.378. The van der Waals surface area contributed by atoms with Gasteiger partial charge >= 0.3 is 0 Å². The van der Waals surface area contributed by atoms with Crippen molar-refractivity contribution in [2.45, 2.75) is 52.0 Å². The highest BCUT2D eigenvalue weighted by Gasteiger charge is 2.30. The van der Waals surface area contributed by atoms with Crippen LogP contribution in [0.3, 0.4) is 0 Å². The smallest absolute Gasteiger partial charge is 0.239 e. The highest BCUT2D eigenvalue weighted by molar-refractivity contribution is 7.09. The van der Waals surface area contributed by atoms with Gasteiger partial charge in [0, 0.05) is 24.4 Å². The highest BCUT2D eigenvalue weighted by Crippen LogP contribution is 2.29. The number of hydrogen-bond donors (Lipinski definition) is 1. The summed E-state index contributed by atoms with van der Waals surface area (Å²) in [6.45, 7) is 7.73. The second kappa shape index (κ2) is 6.68. The van der Waals surface area contributed by atoms with Crippen LogP contribution < -0.4 is 5.73 Å². The molecule has 1 fully saturated rings. The maximum absolute atomic E-state index is 12.4. The Kier molecular flexibility index (Phi) is 5.16. The van der Waals surface area contributed by atoms with E-state index < -0.39 is 0 Å². The number of hydrogen-bond acceptors (Lipinski definition) is 4. The molecule has 2 heterocycles. The van der Waals surface area contributed by atoms with E-state index in [1.54, 1.807) is 11.3 Å². The van der Waals surface area contributed by atoms with Crippen molar-refractivity contribution in [1.82, 2.24) is 9.88 Å². The monoisotopic (exact) mass is 295 g/mol. The van der Waals surface area contributed by atoms with Gasteiger partial charge in [-0.2, -0.15) is 0 Å². The third kappa shape index (κ3) is 3.38. The highest BCUT2D eigenvalue weighted by atomic mass is 32.1. The van der Waals surface area contributed by atoms with Crippen LogP contribution in [0.15, 0.2) is 5.38 Å². The molecule has 0 radical (unpaired) electrons. The standard InChI is InChI=1S/C15H25N3OS/c1-4-12-9-20-14(17-12)11-6-5-7-18(8-11)15(19)13(16)10(2)3/h9-11,13H,4-8,16H2,1-3H3/t11?,13-/m0/s1. The molecule has 1 unspecified atom stereocenters. The zero-order valence-electron chi connectivity index (χ0n) is 12.6. The molecule has 0 bridgehead atoms. The maximum atomic E-state index is 12.4. The molecule has 4 nitrogen and oxygen atoms in total. The minimum Gasteiger partial charge on any atom is -0.341 e. The summed E-state index contributed by atoms with van der Waals surface area (Å²) in [5.74, 6) is 0.670. The molecule has 1 aromatic heterocycles. The van der Waals surface area contributed by atoms with Crippen LogP contribution in [0.25, 0.3) is 0 Å². The van der Waals surface area contributed by atoms with Crippen molar-refractivity contribution < 1.29 is 4.79 Å². The van der Waals surface area contributed by atoms with Crippen LogP contribution >= 0.6 is 11.3 Å². The Hall–Kier alpha value is -0.940. The molecule has 20 heavy (non-hydrogen) atoms. The van der Waals surface area contributed by atoms with E-state index in [0.717, 1.165) is 38.0 Å². The summed E-state index contributed by atoms with van der Waals surface area (Å²) in [7, 11) is 0. The fourth-order valence-corrected chi connectivity index (χ4v) is 3.58. The van der Waals surface area contributed by atoms with Gasteiger partial charge in [0.2, 0.25) is 5.91 Å². The first-order valence-corrected chi connectivity index (χ1v) is 8.39. The first-order chi connectivity index (χ1) is 9.52. The molecule has 0 aliphatic carbocycles. The zero-order valence-corrected chi connectivity index (χ0v) is 13.4. The van der Waals surface area contributed by atoms with E-state index in [1.807, 2.05) is 18.7 Å². The van der Waals surface area contributed by atoms with Crippen LogP contribution in [-0.2, 0) is 11.2 Å². The van der Waals surface area contributed by atoms with Crippen molar-refractivity contribution in [3.8, 4) is 0 Å². The molecule has 2 rings (SSSR count). The lowest BCUT2D eigenvalue weighted by Crippen LogP contribution is -2.49. The number of carbonyl (C=O) groups excluding carboxylic acids is 1. The van der Waals surface area contributed by atoms with E-state index in [4.69, 9.17) is 5.73 Å². The van der Waals surface area contributed by atoms with Gasteiger partial charge in [0.05, 0.1) is 16.7 Å². The molecule has 1 amide bonds. The van der Waals surface area contributed by atoms with Crippen LogP contribution in [0.1, 0.15) is 50.2 Å². The molecule has 2 atom stereocenters. The Balaban J connectivity index is 2.03. The molecule has 1 saturated heterocycles. The van der Waals surface area contributed by atoms with Crippen LogP contribution in [0.4, 0.5) is 0 Å². The molecule has 112 valence electrons. The first kappa shape index (κ1) is 15.4. The summed E-state index contributed by atoms with van der Waals surface area (Å²) < 4.78 is 0. The molecule has 0 spiro atoms. The number of likely N-dealkylation sites (tertiary alicyclic amines) is 1. The van der Waals surface area contributed by atoms with E-state index in [-0.39, 0.29) is 17.9 Å². The lowest BCUT2D eigenvalue weighted by molar-refractivity contribution is -0.134. The fourth-order valence-electron chi connectivity index (χ4n) is 2.55. The van der Waals surface area contributed by atoms with Gasteiger partial charge in [0.1, 0.15) is 0 Å². The van der Waals surface area contributed by atoms with Crippen LogP contribution in [0.5, 0.6) is 0 Å². The van der Waals surface area contributed by atoms with Crippen molar-refractivity contribution in [3.63, 3.8) is 0 Å². The Morgan fingerprint density at radius 1 is 1.60 bits per heavy atom. The number of carbonyl (C=O) groups is 1. The number of piperidine rings is 1. The van der Waals surface area contributed by atoms with Gasteiger partial charge in [-0.05, 0) is 25.2 Å². The fraction of sp³-hybridized carbons (Fsp3) is 0.733. The Bertz CT molecular complexity index is 458. The lowest BCUT2D eigenvalue weighted by atomic mass is 9.96. The van der Waals surface area contributed by atoms with E-state index in [0.29, 0.717) is 5.92 Å². The second-order valence-corrected chi connectivity index (χ2v) is 6.81. The molecule has 5 heteroatoms. The largest absolute Gasteiger partial charge is 0.341 e. The van der Waals surface area contributed by atoms with Gasteiger partial charge in [-0.15, -0.1) is 11.3 Å². The number of amides is 1. The number of rotatable bonds is 4. The Labute approximate surface area is 125 Å². The van der Waals surface area contributed by atoms with Crippen molar-refractivity contribution in [2.75, 3.05) is 13.1 Å². The number of nitrogens with zero attached hydrogens (tertiary/aromatic N) is 2. The van der Waals surface area contributed by atoms with Gasteiger partial charge in [0.15, 0.2) is 0 Å². The van der Waals surface area contributed by atoms with E-state index >= 15 is 0 Å². The summed E-state index contributed by atoms with van der Waals surface area (Å²) in [6.07, 6.45) is 3.14. The van der Waals surface area contributed by atoms with Gasteiger partial charge in [-0.1, -0.05) is 20.8 Å². The minimum atomic E-state index is -0.378. The van der Waals surface area contributed by atoms with Gasteiger partial charge in [0.25, 0.3) is 0 Å². The van der Waals surface area contributed by atoms with Crippen molar-refractivity contribution >= 4 is 17.2 Å². The SMILES string of the molecule is CCc1csc(C2CCCN(C(=O)[C@@H](N)C(C)C)C2)n1.